The van der Waals surface area contributed by atoms with Crippen molar-refractivity contribution in [3.8, 4) is 11.5 Å². The molecule has 6 heteroatoms. The Hall–Kier alpha value is -1.82. The molecule has 0 aromatic carbocycles. The van der Waals surface area contributed by atoms with E-state index in [1.54, 1.807) is 0 Å². The summed E-state index contributed by atoms with van der Waals surface area (Å²) in [7, 11) is 0. The van der Waals surface area contributed by atoms with Gasteiger partial charge in [-0.2, -0.15) is 0 Å². The summed E-state index contributed by atoms with van der Waals surface area (Å²) in [6.45, 7) is 1.90. The van der Waals surface area contributed by atoms with Crippen LogP contribution in [-0.2, 0) is 0 Å². The van der Waals surface area contributed by atoms with Crippen LogP contribution in [0.4, 0.5) is 4.39 Å². The molecule has 0 saturated carbocycles. The summed E-state index contributed by atoms with van der Waals surface area (Å²) in [6, 6.07) is 1.16. The maximum Gasteiger partial charge on any atom is 0.250 e. The fourth-order valence-corrected chi connectivity index (χ4v) is 1.22. The number of hydrogen-bond donors (Lipinski definition) is 1. The first kappa shape index (κ1) is 10.7. The number of aromatic nitrogens is 3. The lowest BCUT2D eigenvalue weighted by Crippen LogP contribution is -2.08. The summed E-state index contributed by atoms with van der Waals surface area (Å²) in [5.41, 5.74) is 5.95. The van der Waals surface area contributed by atoms with Gasteiger partial charge in [0.25, 0.3) is 5.89 Å². The maximum atomic E-state index is 13.3. The molecule has 1 atom stereocenters. The Kier molecular flexibility index (Phi) is 2.91. The smallest absolute Gasteiger partial charge is 0.250 e. The van der Waals surface area contributed by atoms with Crippen molar-refractivity contribution in [2.75, 3.05) is 0 Å². The minimum absolute atomic E-state index is 0.124. The first-order valence-electron chi connectivity index (χ1n) is 4.91. The van der Waals surface area contributed by atoms with E-state index in [-0.39, 0.29) is 17.5 Å². The molecule has 0 spiro atoms. The van der Waals surface area contributed by atoms with Crippen molar-refractivity contribution in [2.24, 2.45) is 5.73 Å². The van der Waals surface area contributed by atoms with Crippen LogP contribution in [0.25, 0.3) is 11.5 Å². The Morgan fingerprint density at radius 1 is 1.50 bits per heavy atom. The number of rotatable bonds is 3. The zero-order chi connectivity index (χ0) is 11.5. The van der Waals surface area contributed by atoms with Crippen LogP contribution in [0.3, 0.4) is 0 Å². The fourth-order valence-electron chi connectivity index (χ4n) is 1.22. The molecule has 16 heavy (non-hydrogen) atoms. The largest absolute Gasteiger partial charge is 0.419 e. The zero-order valence-corrected chi connectivity index (χ0v) is 8.72. The highest BCUT2D eigenvalue weighted by molar-refractivity contribution is 5.52. The van der Waals surface area contributed by atoms with E-state index in [0.29, 0.717) is 12.3 Å². The molecule has 2 heterocycles. The average Bonchev–Trinajstić information content (AvgIpc) is 2.78. The highest BCUT2D eigenvalue weighted by atomic mass is 19.1. The van der Waals surface area contributed by atoms with Crippen LogP contribution in [0.5, 0.6) is 0 Å². The molecule has 0 amide bonds. The Labute approximate surface area is 91.5 Å². The second-order valence-corrected chi connectivity index (χ2v) is 3.32. The van der Waals surface area contributed by atoms with E-state index in [9.17, 15) is 4.39 Å². The third-order valence-corrected chi connectivity index (χ3v) is 2.20. The third kappa shape index (κ3) is 1.92. The fraction of sp³-hybridized carbons (Fsp3) is 0.300. The first-order valence-corrected chi connectivity index (χ1v) is 4.91. The van der Waals surface area contributed by atoms with Crippen LogP contribution < -0.4 is 5.73 Å². The lowest BCUT2D eigenvalue weighted by Gasteiger charge is -2.00. The lowest BCUT2D eigenvalue weighted by molar-refractivity contribution is 0.450. The van der Waals surface area contributed by atoms with Gasteiger partial charge >= 0.3 is 0 Å². The van der Waals surface area contributed by atoms with Crippen molar-refractivity contribution in [1.29, 1.82) is 0 Å². The Morgan fingerprint density at radius 3 is 3.00 bits per heavy atom. The van der Waals surface area contributed by atoms with E-state index in [1.807, 2.05) is 6.92 Å². The first-order chi connectivity index (χ1) is 7.72. The molecule has 84 valence electrons. The van der Waals surface area contributed by atoms with Crippen molar-refractivity contribution in [3.05, 3.63) is 30.2 Å². The number of nitrogens with zero attached hydrogens (tertiary/aromatic N) is 3. The molecule has 1 unspecified atom stereocenters. The van der Waals surface area contributed by atoms with Gasteiger partial charge in [0.05, 0.1) is 17.8 Å². The van der Waals surface area contributed by atoms with Crippen LogP contribution in [0.1, 0.15) is 25.3 Å². The second-order valence-electron chi connectivity index (χ2n) is 3.32. The lowest BCUT2D eigenvalue weighted by atomic mass is 10.2. The quantitative estimate of drug-likeness (QED) is 0.854. The van der Waals surface area contributed by atoms with E-state index in [1.165, 1.54) is 12.3 Å². The van der Waals surface area contributed by atoms with Gasteiger partial charge in [0.1, 0.15) is 0 Å². The normalized spacial score (nSPS) is 12.7. The molecule has 0 saturated heterocycles. The third-order valence-electron chi connectivity index (χ3n) is 2.20. The molecule has 2 aromatic heterocycles. The predicted octanol–water partition coefficient (Wildman–Crippen LogP) is 1.68. The summed E-state index contributed by atoms with van der Waals surface area (Å²) < 4.78 is 18.6. The minimum Gasteiger partial charge on any atom is -0.419 e. The molecule has 0 aliphatic carbocycles. The standard InChI is InChI=1S/C10H11FN4O/c1-2-8(12)10-15-14-9(16-10)6-3-4-13-5-7(6)11/h3-5,8H,2,12H2,1H3. The minimum atomic E-state index is -0.497. The molecule has 0 fully saturated rings. The van der Waals surface area contributed by atoms with Gasteiger partial charge in [-0.1, -0.05) is 6.92 Å². The Bertz CT molecular complexity index is 485. The molecule has 5 nitrogen and oxygen atoms in total. The van der Waals surface area contributed by atoms with E-state index in [2.05, 4.69) is 15.2 Å². The summed E-state index contributed by atoms with van der Waals surface area (Å²) in [6.07, 6.45) is 3.24. The zero-order valence-electron chi connectivity index (χ0n) is 8.72. The Balaban J connectivity index is 2.35. The van der Waals surface area contributed by atoms with Crippen LogP contribution >= 0.6 is 0 Å². The van der Waals surface area contributed by atoms with Gasteiger partial charge in [-0.05, 0) is 12.5 Å². The molecular formula is C10H11FN4O. The number of hydrogen-bond acceptors (Lipinski definition) is 5. The predicted molar refractivity (Wildman–Crippen MR) is 54.7 cm³/mol. The van der Waals surface area contributed by atoms with Crippen molar-refractivity contribution in [1.82, 2.24) is 15.2 Å². The monoisotopic (exact) mass is 222 g/mol. The van der Waals surface area contributed by atoms with Gasteiger partial charge in [0.2, 0.25) is 5.89 Å². The SMILES string of the molecule is CCC(N)c1nnc(-c2ccncc2F)o1. The summed E-state index contributed by atoms with van der Waals surface area (Å²) in [5.74, 6) is -0.0599. The number of nitrogens with two attached hydrogens (primary N) is 1. The highest BCUT2D eigenvalue weighted by Crippen LogP contribution is 2.22. The molecular weight excluding hydrogens is 211 g/mol. The topological polar surface area (TPSA) is 77.8 Å². The maximum absolute atomic E-state index is 13.3. The van der Waals surface area contributed by atoms with Crippen molar-refractivity contribution < 1.29 is 8.81 Å². The van der Waals surface area contributed by atoms with Crippen molar-refractivity contribution in [2.45, 2.75) is 19.4 Å². The van der Waals surface area contributed by atoms with Crippen LogP contribution in [0.15, 0.2) is 22.9 Å². The van der Waals surface area contributed by atoms with E-state index < -0.39 is 5.82 Å². The van der Waals surface area contributed by atoms with E-state index >= 15 is 0 Å². The second kappa shape index (κ2) is 4.36. The molecule has 2 N–H and O–H groups in total. The van der Waals surface area contributed by atoms with Gasteiger partial charge in [-0.3, -0.25) is 4.98 Å². The highest BCUT2D eigenvalue weighted by Gasteiger charge is 2.15. The van der Waals surface area contributed by atoms with Crippen LogP contribution in [-0.4, -0.2) is 15.2 Å². The van der Waals surface area contributed by atoms with Gasteiger partial charge in [0, 0.05) is 6.20 Å². The van der Waals surface area contributed by atoms with Crippen LogP contribution in [0, 0.1) is 5.82 Å². The summed E-state index contributed by atoms with van der Waals surface area (Å²) >= 11 is 0. The van der Waals surface area contributed by atoms with Gasteiger partial charge < -0.3 is 10.2 Å². The molecule has 0 aliphatic rings. The molecule has 2 rings (SSSR count). The van der Waals surface area contributed by atoms with E-state index in [4.69, 9.17) is 10.2 Å². The van der Waals surface area contributed by atoms with Crippen LogP contribution in [0.2, 0.25) is 0 Å². The van der Waals surface area contributed by atoms with Gasteiger partial charge in [-0.25, -0.2) is 4.39 Å². The average molecular weight is 222 g/mol. The molecule has 0 radical (unpaired) electrons. The van der Waals surface area contributed by atoms with Crippen molar-refractivity contribution >= 4 is 0 Å². The molecule has 2 aromatic rings. The van der Waals surface area contributed by atoms with Gasteiger partial charge in [-0.15, -0.1) is 10.2 Å². The number of pyridine rings is 1. The van der Waals surface area contributed by atoms with Gasteiger partial charge in [0.15, 0.2) is 5.82 Å². The Morgan fingerprint density at radius 2 is 2.31 bits per heavy atom. The molecule has 0 aliphatic heterocycles. The van der Waals surface area contributed by atoms with Crippen molar-refractivity contribution in [3.63, 3.8) is 0 Å². The van der Waals surface area contributed by atoms with E-state index in [0.717, 1.165) is 6.20 Å². The summed E-state index contributed by atoms with van der Waals surface area (Å²) in [4.78, 5) is 3.64. The number of halogens is 1. The molecule has 0 bridgehead atoms. The summed E-state index contributed by atoms with van der Waals surface area (Å²) in [5, 5.41) is 7.53.